The third-order valence-corrected chi connectivity index (χ3v) is 3.29. The third-order valence-electron chi connectivity index (χ3n) is 3.29. The van der Waals surface area contributed by atoms with Crippen LogP contribution in [0.2, 0.25) is 0 Å². The van der Waals surface area contributed by atoms with Crippen LogP contribution in [0.1, 0.15) is 30.6 Å². The lowest BCUT2D eigenvalue weighted by Gasteiger charge is -2.44. The van der Waals surface area contributed by atoms with Gasteiger partial charge in [0.25, 0.3) is 0 Å². The molecule has 0 radical (unpaired) electrons. The Kier molecular flexibility index (Phi) is 3.74. The zero-order chi connectivity index (χ0) is 14.9. The average molecular weight is 277 g/mol. The van der Waals surface area contributed by atoms with E-state index in [2.05, 4.69) is 0 Å². The van der Waals surface area contributed by atoms with Crippen LogP contribution in [-0.4, -0.2) is 34.0 Å². The lowest BCUT2D eigenvalue weighted by Crippen LogP contribution is -2.64. The summed E-state index contributed by atoms with van der Waals surface area (Å²) in [4.78, 5) is 34.9. The van der Waals surface area contributed by atoms with Crippen LogP contribution < -0.4 is 4.74 Å². The van der Waals surface area contributed by atoms with Gasteiger partial charge in [0, 0.05) is 6.92 Å². The second-order valence-electron chi connectivity index (χ2n) is 4.58. The molecule has 1 aliphatic rings. The van der Waals surface area contributed by atoms with Gasteiger partial charge in [0.05, 0.1) is 11.5 Å². The molecule has 20 heavy (non-hydrogen) atoms. The highest BCUT2D eigenvalue weighted by Crippen LogP contribution is 2.31. The Morgan fingerprint density at radius 1 is 1.30 bits per heavy atom. The number of imide groups is 1. The molecule has 1 aliphatic heterocycles. The topological polar surface area (TPSA) is 83.9 Å². The predicted octanol–water partition coefficient (Wildman–Crippen LogP) is 1.50. The number of ether oxygens (including phenoxy) is 1. The number of aromatic carboxylic acids is 1. The van der Waals surface area contributed by atoms with E-state index in [0.717, 1.165) is 4.90 Å². The van der Waals surface area contributed by atoms with Gasteiger partial charge in [-0.15, -0.1) is 0 Å². The van der Waals surface area contributed by atoms with E-state index in [-0.39, 0.29) is 23.3 Å². The summed E-state index contributed by atoms with van der Waals surface area (Å²) in [6.07, 6.45) is -0.0267. The quantitative estimate of drug-likeness (QED) is 0.843. The number of amides is 2. The van der Waals surface area contributed by atoms with Crippen LogP contribution in [0.5, 0.6) is 5.75 Å². The zero-order valence-corrected chi connectivity index (χ0v) is 11.2. The molecule has 0 saturated carbocycles. The molecule has 1 saturated heterocycles. The number of benzene rings is 1. The fraction of sp³-hybridized carbons (Fsp3) is 0.357. The summed E-state index contributed by atoms with van der Waals surface area (Å²) in [5.41, 5.74) is 0.150. The minimum absolute atomic E-state index is 0.150. The van der Waals surface area contributed by atoms with Crippen LogP contribution in [-0.2, 0) is 9.59 Å². The van der Waals surface area contributed by atoms with Crippen molar-refractivity contribution in [2.75, 3.05) is 0 Å². The second kappa shape index (κ2) is 5.32. The van der Waals surface area contributed by atoms with Crippen LogP contribution in [0.15, 0.2) is 24.3 Å². The maximum absolute atomic E-state index is 11.7. The van der Waals surface area contributed by atoms with Crippen molar-refractivity contribution in [3.8, 4) is 5.75 Å². The van der Waals surface area contributed by atoms with Crippen LogP contribution in [0.4, 0.5) is 0 Å². The van der Waals surface area contributed by atoms with E-state index < -0.39 is 12.2 Å². The molecule has 0 aromatic heterocycles. The Labute approximate surface area is 115 Å². The maximum Gasteiger partial charge on any atom is 0.335 e. The van der Waals surface area contributed by atoms with Crippen molar-refractivity contribution in [3.63, 3.8) is 0 Å². The first kappa shape index (κ1) is 14.0. The Bertz CT molecular complexity index is 551. The van der Waals surface area contributed by atoms with Gasteiger partial charge in [-0.05, 0) is 30.7 Å². The molecule has 6 heteroatoms. The number of β-lactam (4-membered cyclic amide) rings is 1. The Morgan fingerprint density at radius 2 is 1.90 bits per heavy atom. The van der Waals surface area contributed by atoms with Crippen molar-refractivity contribution in [3.05, 3.63) is 29.8 Å². The summed E-state index contributed by atoms with van der Waals surface area (Å²) in [6.45, 7) is 3.16. The molecule has 1 fully saturated rings. The SMILES string of the molecule is CC[C@@H]1C(=O)N(C(C)=O)[C@H]1Oc1ccc(C(=O)O)cc1. The van der Waals surface area contributed by atoms with Gasteiger partial charge in [0.15, 0.2) is 6.23 Å². The van der Waals surface area contributed by atoms with E-state index >= 15 is 0 Å². The molecule has 0 unspecified atom stereocenters. The van der Waals surface area contributed by atoms with Crippen LogP contribution in [0.25, 0.3) is 0 Å². The van der Waals surface area contributed by atoms with Crippen molar-refractivity contribution < 1.29 is 24.2 Å². The molecule has 6 nitrogen and oxygen atoms in total. The fourth-order valence-corrected chi connectivity index (χ4v) is 2.18. The van der Waals surface area contributed by atoms with E-state index in [9.17, 15) is 14.4 Å². The van der Waals surface area contributed by atoms with Gasteiger partial charge in [-0.3, -0.25) is 9.59 Å². The summed E-state index contributed by atoms with van der Waals surface area (Å²) in [7, 11) is 0. The molecule has 2 atom stereocenters. The zero-order valence-electron chi connectivity index (χ0n) is 11.2. The Hall–Kier alpha value is -2.37. The first-order valence-electron chi connectivity index (χ1n) is 6.29. The van der Waals surface area contributed by atoms with Gasteiger partial charge >= 0.3 is 5.97 Å². The summed E-state index contributed by atoms with van der Waals surface area (Å²) < 4.78 is 5.62. The summed E-state index contributed by atoms with van der Waals surface area (Å²) >= 11 is 0. The van der Waals surface area contributed by atoms with Crippen LogP contribution in [0, 0.1) is 5.92 Å². The largest absolute Gasteiger partial charge is 0.478 e. The number of carbonyl (C=O) groups is 3. The smallest absolute Gasteiger partial charge is 0.335 e. The second-order valence-corrected chi connectivity index (χ2v) is 4.58. The molecule has 106 valence electrons. The molecule has 2 rings (SSSR count). The molecule has 1 N–H and O–H groups in total. The summed E-state index contributed by atoms with van der Waals surface area (Å²) in [5.74, 6) is -1.51. The normalized spacial score (nSPS) is 21.3. The van der Waals surface area contributed by atoms with Crippen LogP contribution >= 0.6 is 0 Å². The van der Waals surface area contributed by atoms with Crippen molar-refractivity contribution in [2.24, 2.45) is 5.92 Å². The molecule has 2 amide bonds. The molecule has 0 aliphatic carbocycles. The molecule has 1 aromatic rings. The minimum atomic E-state index is -1.02. The van der Waals surface area contributed by atoms with Gasteiger partial charge in [-0.1, -0.05) is 6.92 Å². The standard InChI is InChI=1S/C14H15NO5/c1-3-11-12(17)15(8(2)16)13(11)20-10-6-4-9(5-7-10)14(18)19/h4-7,11,13H,3H2,1-2H3,(H,18,19)/t11-,13+/m1/s1. The lowest BCUT2D eigenvalue weighted by molar-refractivity contribution is -0.182. The Balaban J connectivity index is 2.13. The van der Waals surface area contributed by atoms with E-state index in [1.54, 1.807) is 0 Å². The predicted molar refractivity (Wildman–Crippen MR) is 69.1 cm³/mol. The van der Waals surface area contributed by atoms with E-state index in [0.29, 0.717) is 12.2 Å². The molecule has 1 heterocycles. The van der Waals surface area contributed by atoms with Gasteiger partial charge in [-0.2, -0.15) is 0 Å². The fourth-order valence-electron chi connectivity index (χ4n) is 2.18. The Morgan fingerprint density at radius 3 is 2.35 bits per heavy atom. The maximum atomic E-state index is 11.7. The van der Waals surface area contributed by atoms with Crippen molar-refractivity contribution in [2.45, 2.75) is 26.5 Å². The van der Waals surface area contributed by atoms with Crippen molar-refractivity contribution >= 4 is 17.8 Å². The molecular weight excluding hydrogens is 262 g/mol. The number of carboxylic acids is 1. The van der Waals surface area contributed by atoms with E-state index in [1.807, 2.05) is 6.92 Å². The van der Waals surface area contributed by atoms with Gasteiger partial charge in [0.2, 0.25) is 11.8 Å². The first-order chi connectivity index (χ1) is 9.45. The molecule has 0 spiro atoms. The third kappa shape index (κ3) is 2.36. The summed E-state index contributed by atoms with van der Waals surface area (Å²) in [6, 6.07) is 5.85. The van der Waals surface area contributed by atoms with E-state index in [4.69, 9.17) is 9.84 Å². The first-order valence-corrected chi connectivity index (χ1v) is 6.29. The average Bonchev–Trinajstić information content (AvgIpc) is 2.38. The molecule has 1 aromatic carbocycles. The van der Waals surface area contributed by atoms with Gasteiger partial charge in [-0.25, -0.2) is 9.69 Å². The van der Waals surface area contributed by atoms with Gasteiger partial charge in [0.1, 0.15) is 5.75 Å². The highest BCUT2D eigenvalue weighted by Gasteiger charge is 2.50. The highest BCUT2D eigenvalue weighted by atomic mass is 16.5. The number of carbonyl (C=O) groups excluding carboxylic acids is 2. The van der Waals surface area contributed by atoms with Crippen molar-refractivity contribution in [1.29, 1.82) is 0 Å². The number of hydrogen-bond acceptors (Lipinski definition) is 4. The van der Waals surface area contributed by atoms with Crippen molar-refractivity contribution in [1.82, 2.24) is 4.90 Å². The number of hydrogen-bond donors (Lipinski definition) is 1. The highest BCUT2D eigenvalue weighted by molar-refractivity contribution is 6.00. The molecular formula is C14H15NO5. The molecule has 0 bridgehead atoms. The summed E-state index contributed by atoms with van der Waals surface area (Å²) in [5, 5.41) is 8.81. The number of carboxylic acid groups (broad SMARTS) is 1. The van der Waals surface area contributed by atoms with Gasteiger partial charge < -0.3 is 9.84 Å². The van der Waals surface area contributed by atoms with Crippen LogP contribution in [0.3, 0.4) is 0 Å². The number of nitrogens with zero attached hydrogens (tertiary/aromatic N) is 1. The number of likely N-dealkylation sites (tertiary alicyclic amines) is 1. The minimum Gasteiger partial charge on any atom is -0.478 e. The number of rotatable bonds is 4. The monoisotopic (exact) mass is 277 g/mol. The lowest BCUT2D eigenvalue weighted by atomic mass is 9.93. The van der Waals surface area contributed by atoms with E-state index in [1.165, 1.54) is 31.2 Å².